The average molecular weight is 341 g/mol. The normalized spacial score (nSPS) is 11.6. The second-order valence-electron chi connectivity index (χ2n) is 5.93. The molecule has 0 aliphatic carbocycles. The van der Waals surface area contributed by atoms with Gasteiger partial charge in [0.1, 0.15) is 12.6 Å². The van der Waals surface area contributed by atoms with E-state index >= 15 is 0 Å². The summed E-state index contributed by atoms with van der Waals surface area (Å²) >= 11 is 0. The van der Waals surface area contributed by atoms with Crippen LogP contribution in [0, 0.1) is 0 Å². The van der Waals surface area contributed by atoms with Crippen LogP contribution in [0.5, 0.6) is 0 Å². The van der Waals surface area contributed by atoms with E-state index in [0.29, 0.717) is 6.42 Å². The van der Waals surface area contributed by atoms with E-state index in [4.69, 9.17) is 9.47 Å². The number of hydrogen-bond acceptors (Lipinski definition) is 4. The Morgan fingerprint density at radius 2 is 1.48 bits per heavy atom. The lowest BCUT2D eigenvalue weighted by Gasteiger charge is -2.19. The summed E-state index contributed by atoms with van der Waals surface area (Å²) in [5.74, 6) is -0.476. The van der Waals surface area contributed by atoms with E-state index < -0.39 is 18.1 Å². The maximum absolute atomic E-state index is 12.3. The van der Waals surface area contributed by atoms with Crippen molar-refractivity contribution in [3.8, 4) is 0 Å². The molecule has 132 valence electrons. The van der Waals surface area contributed by atoms with Crippen molar-refractivity contribution in [1.29, 1.82) is 0 Å². The van der Waals surface area contributed by atoms with Gasteiger partial charge in [0.15, 0.2) is 0 Å². The topological polar surface area (TPSA) is 64.6 Å². The van der Waals surface area contributed by atoms with Gasteiger partial charge in [-0.2, -0.15) is 0 Å². The molecule has 0 unspecified atom stereocenters. The third-order valence-corrected chi connectivity index (χ3v) is 3.42. The molecule has 0 fully saturated rings. The monoisotopic (exact) mass is 341 g/mol. The van der Waals surface area contributed by atoms with Gasteiger partial charge in [-0.15, -0.1) is 0 Å². The van der Waals surface area contributed by atoms with Gasteiger partial charge in [-0.3, -0.25) is 0 Å². The first-order valence-electron chi connectivity index (χ1n) is 8.26. The lowest BCUT2D eigenvalue weighted by Crippen LogP contribution is -2.44. The molecule has 0 saturated heterocycles. The lowest BCUT2D eigenvalue weighted by molar-refractivity contribution is -0.149. The standard InChI is InChI=1S/C20H23NO4/c1-15(2)25-19(22)18(13-16-9-5-3-6-10-16)21-20(23)24-14-17-11-7-4-8-12-17/h3-12,15,18H,13-14H2,1-2H3,(H,21,23)/t18-/m1/s1. The van der Waals surface area contributed by atoms with Crippen LogP contribution in [-0.4, -0.2) is 24.2 Å². The van der Waals surface area contributed by atoms with E-state index in [1.165, 1.54) is 0 Å². The second kappa shape index (κ2) is 9.47. The van der Waals surface area contributed by atoms with Crippen LogP contribution in [-0.2, 0) is 27.3 Å². The van der Waals surface area contributed by atoms with Gasteiger partial charge in [0.2, 0.25) is 0 Å². The molecule has 0 spiro atoms. The van der Waals surface area contributed by atoms with Gasteiger partial charge >= 0.3 is 12.1 Å². The van der Waals surface area contributed by atoms with Gasteiger partial charge in [-0.25, -0.2) is 9.59 Å². The molecule has 0 bridgehead atoms. The van der Waals surface area contributed by atoms with Gasteiger partial charge < -0.3 is 14.8 Å². The Bertz CT molecular complexity index is 671. The van der Waals surface area contributed by atoms with Crippen LogP contribution in [0.3, 0.4) is 0 Å². The van der Waals surface area contributed by atoms with Crippen LogP contribution in [0.25, 0.3) is 0 Å². The van der Waals surface area contributed by atoms with Crippen molar-refractivity contribution < 1.29 is 19.1 Å². The summed E-state index contributed by atoms with van der Waals surface area (Å²) in [5, 5.41) is 2.61. The van der Waals surface area contributed by atoms with Crippen molar-refractivity contribution in [1.82, 2.24) is 5.32 Å². The molecule has 5 heteroatoms. The molecular formula is C20H23NO4. The number of alkyl carbamates (subject to hydrolysis) is 1. The molecule has 5 nitrogen and oxygen atoms in total. The van der Waals surface area contributed by atoms with Gasteiger partial charge in [0, 0.05) is 6.42 Å². The Morgan fingerprint density at radius 3 is 2.04 bits per heavy atom. The summed E-state index contributed by atoms with van der Waals surface area (Å²) in [6.45, 7) is 3.68. The van der Waals surface area contributed by atoms with Gasteiger partial charge in [-0.05, 0) is 25.0 Å². The highest BCUT2D eigenvalue weighted by Gasteiger charge is 2.24. The summed E-state index contributed by atoms with van der Waals surface area (Å²) in [4.78, 5) is 24.3. The summed E-state index contributed by atoms with van der Waals surface area (Å²) in [6.07, 6.45) is -0.564. The van der Waals surface area contributed by atoms with E-state index in [2.05, 4.69) is 5.32 Å². The van der Waals surface area contributed by atoms with Crippen LogP contribution < -0.4 is 5.32 Å². The Kier molecular flexibility index (Phi) is 7.01. The van der Waals surface area contributed by atoms with Crippen molar-refractivity contribution in [3.05, 3.63) is 71.8 Å². The zero-order valence-corrected chi connectivity index (χ0v) is 14.5. The first-order chi connectivity index (χ1) is 12.0. The molecule has 2 rings (SSSR count). The lowest BCUT2D eigenvalue weighted by atomic mass is 10.1. The molecule has 1 N–H and O–H groups in total. The van der Waals surface area contributed by atoms with Crippen LogP contribution in [0.2, 0.25) is 0 Å². The third kappa shape index (κ3) is 6.67. The zero-order chi connectivity index (χ0) is 18.1. The average Bonchev–Trinajstić information content (AvgIpc) is 2.60. The van der Waals surface area contributed by atoms with E-state index in [1.54, 1.807) is 13.8 Å². The van der Waals surface area contributed by atoms with Crippen molar-refractivity contribution in [2.45, 2.75) is 39.0 Å². The number of benzene rings is 2. The molecule has 2 aromatic rings. The van der Waals surface area contributed by atoms with Crippen LogP contribution in [0.4, 0.5) is 4.79 Å². The molecule has 0 aliphatic heterocycles. The predicted octanol–water partition coefficient (Wildman–Crippen LogP) is 3.48. The molecule has 1 atom stereocenters. The molecule has 25 heavy (non-hydrogen) atoms. The highest BCUT2D eigenvalue weighted by Crippen LogP contribution is 2.07. The molecule has 1 amide bonds. The van der Waals surface area contributed by atoms with Crippen LogP contribution in [0.1, 0.15) is 25.0 Å². The fraction of sp³-hybridized carbons (Fsp3) is 0.300. The molecule has 0 saturated carbocycles. The number of rotatable bonds is 7. The SMILES string of the molecule is CC(C)OC(=O)[C@@H](Cc1ccccc1)NC(=O)OCc1ccccc1. The summed E-state index contributed by atoms with van der Waals surface area (Å²) < 4.78 is 10.4. The highest BCUT2D eigenvalue weighted by molar-refractivity contribution is 5.81. The summed E-state index contributed by atoms with van der Waals surface area (Å²) in [6, 6.07) is 18.0. The first kappa shape index (κ1) is 18.5. The minimum atomic E-state index is -0.798. The Hall–Kier alpha value is -2.82. The number of esters is 1. The van der Waals surface area contributed by atoms with Crippen LogP contribution >= 0.6 is 0 Å². The molecule has 0 radical (unpaired) electrons. The van der Waals surface area contributed by atoms with E-state index in [1.807, 2.05) is 60.7 Å². The van der Waals surface area contributed by atoms with Gasteiger partial charge in [0.05, 0.1) is 6.10 Å². The van der Waals surface area contributed by atoms with Gasteiger partial charge in [-0.1, -0.05) is 60.7 Å². The fourth-order valence-corrected chi connectivity index (χ4v) is 2.26. The smallest absolute Gasteiger partial charge is 0.408 e. The number of nitrogens with one attached hydrogen (secondary N) is 1. The maximum atomic E-state index is 12.3. The summed E-state index contributed by atoms with van der Waals surface area (Å²) in [7, 11) is 0. The molecule has 2 aromatic carbocycles. The van der Waals surface area contributed by atoms with Crippen molar-refractivity contribution in [3.63, 3.8) is 0 Å². The maximum Gasteiger partial charge on any atom is 0.408 e. The summed E-state index contributed by atoms with van der Waals surface area (Å²) in [5.41, 5.74) is 1.80. The van der Waals surface area contributed by atoms with Crippen LogP contribution in [0.15, 0.2) is 60.7 Å². The number of amides is 1. The van der Waals surface area contributed by atoms with E-state index in [0.717, 1.165) is 11.1 Å². The van der Waals surface area contributed by atoms with Crippen molar-refractivity contribution in [2.75, 3.05) is 0 Å². The number of carbonyl (C=O) groups is 2. The Morgan fingerprint density at radius 1 is 0.920 bits per heavy atom. The molecule has 0 heterocycles. The number of carbonyl (C=O) groups excluding carboxylic acids is 2. The number of ether oxygens (including phenoxy) is 2. The minimum Gasteiger partial charge on any atom is -0.461 e. The molecular weight excluding hydrogens is 318 g/mol. The Labute approximate surface area is 148 Å². The van der Waals surface area contributed by atoms with E-state index in [9.17, 15) is 9.59 Å². The minimum absolute atomic E-state index is 0.143. The van der Waals surface area contributed by atoms with Crippen molar-refractivity contribution in [2.24, 2.45) is 0 Å². The molecule has 0 aliphatic rings. The third-order valence-electron chi connectivity index (χ3n) is 3.42. The highest BCUT2D eigenvalue weighted by atomic mass is 16.6. The first-order valence-corrected chi connectivity index (χ1v) is 8.26. The quantitative estimate of drug-likeness (QED) is 0.783. The fourth-order valence-electron chi connectivity index (χ4n) is 2.26. The van der Waals surface area contributed by atoms with E-state index in [-0.39, 0.29) is 12.7 Å². The van der Waals surface area contributed by atoms with Crippen molar-refractivity contribution >= 4 is 12.1 Å². The number of hydrogen-bond donors (Lipinski definition) is 1. The Balaban J connectivity index is 1.96. The second-order valence-corrected chi connectivity index (χ2v) is 5.93. The largest absolute Gasteiger partial charge is 0.461 e. The van der Waals surface area contributed by atoms with Gasteiger partial charge in [0.25, 0.3) is 0 Å². The molecule has 0 aromatic heterocycles. The predicted molar refractivity (Wildman–Crippen MR) is 94.9 cm³/mol. The zero-order valence-electron chi connectivity index (χ0n) is 14.5.